The Morgan fingerprint density at radius 3 is 2.27 bits per heavy atom. The van der Waals surface area contributed by atoms with Gasteiger partial charge in [-0.15, -0.1) is 0 Å². The zero-order valence-electron chi connectivity index (χ0n) is 28.9. The SMILES string of the molecule is C=C/C=C\c1c(C)c2cc(C#N)ccc2n1-c1cccc(C#N)c1-c1cccc(-c2cccc(-n3c4c(c5ccccc53)C=CC(C)C4C#N)c2)c1. The van der Waals surface area contributed by atoms with Gasteiger partial charge in [0.25, 0.3) is 0 Å². The molecule has 0 N–H and O–H groups in total. The predicted octanol–water partition coefficient (Wildman–Crippen LogP) is 11.4. The predicted molar refractivity (Wildman–Crippen MR) is 211 cm³/mol. The Morgan fingerprint density at radius 1 is 0.731 bits per heavy atom. The van der Waals surface area contributed by atoms with E-state index in [4.69, 9.17) is 0 Å². The summed E-state index contributed by atoms with van der Waals surface area (Å²) in [7, 11) is 0. The molecular formula is C47H33N5. The summed E-state index contributed by atoms with van der Waals surface area (Å²) in [4.78, 5) is 0. The van der Waals surface area contributed by atoms with Gasteiger partial charge in [0.15, 0.2) is 0 Å². The van der Waals surface area contributed by atoms with E-state index in [1.807, 2.05) is 60.7 Å². The minimum atomic E-state index is -0.272. The number of benzene rings is 5. The molecule has 0 fully saturated rings. The van der Waals surface area contributed by atoms with Crippen molar-refractivity contribution in [3.63, 3.8) is 0 Å². The molecule has 246 valence electrons. The molecule has 8 rings (SSSR count). The van der Waals surface area contributed by atoms with Crippen molar-refractivity contribution in [3.05, 3.63) is 168 Å². The maximum Gasteiger partial charge on any atom is 0.0998 e. The summed E-state index contributed by atoms with van der Waals surface area (Å²) in [6, 6.07) is 44.1. The third-order valence-electron chi connectivity index (χ3n) is 10.3. The van der Waals surface area contributed by atoms with E-state index in [1.165, 1.54) is 0 Å². The zero-order chi connectivity index (χ0) is 35.9. The summed E-state index contributed by atoms with van der Waals surface area (Å²) in [5.41, 5.74) is 12.9. The molecule has 5 aromatic carbocycles. The Kier molecular flexibility index (Phi) is 8.00. The summed E-state index contributed by atoms with van der Waals surface area (Å²) < 4.78 is 4.43. The average Bonchev–Trinajstić information content (AvgIpc) is 3.67. The number of nitriles is 3. The van der Waals surface area contributed by atoms with Crippen molar-refractivity contribution in [1.82, 2.24) is 9.13 Å². The van der Waals surface area contributed by atoms with Gasteiger partial charge < -0.3 is 9.13 Å². The molecule has 2 atom stereocenters. The first kappa shape index (κ1) is 32.1. The van der Waals surface area contributed by atoms with E-state index in [2.05, 4.69) is 121 Å². The number of nitrogens with zero attached hydrogens (tertiary/aromatic N) is 5. The van der Waals surface area contributed by atoms with E-state index in [0.717, 1.165) is 77.9 Å². The molecule has 5 heteroatoms. The highest BCUT2D eigenvalue weighted by molar-refractivity contribution is 5.95. The number of hydrogen-bond acceptors (Lipinski definition) is 3. The molecule has 0 saturated carbocycles. The van der Waals surface area contributed by atoms with E-state index >= 15 is 0 Å². The van der Waals surface area contributed by atoms with E-state index in [1.54, 1.807) is 6.08 Å². The molecule has 52 heavy (non-hydrogen) atoms. The Morgan fingerprint density at radius 2 is 1.48 bits per heavy atom. The van der Waals surface area contributed by atoms with Gasteiger partial charge in [-0.25, -0.2) is 0 Å². The standard InChI is InChI=1S/C47H33N5/c1-4-5-17-42-31(3)40-24-32(27-48)21-23-44(40)52(42)45-19-10-14-36(28-49)46(45)35-13-8-11-33(25-35)34-12-9-15-37(26-34)51-43-18-7-6-16-38(43)39-22-20-30(2)41(29-50)47(39)51/h4-26,30,41H,1H2,2-3H3/b17-5-. The number of rotatable bonds is 6. The van der Waals surface area contributed by atoms with Crippen LogP contribution in [-0.4, -0.2) is 9.13 Å². The van der Waals surface area contributed by atoms with Crippen molar-refractivity contribution in [2.75, 3.05) is 0 Å². The third-order valence-corrected chi connectivity index (χ3v) is 10.3. The lowest BCUT2D eigenvalue weighted by atomic mass is 9.84. The topological polar surface area (TPSA) is 81.2 Å². The minimum absolute atomic E-state index is 0.0946. The van der Waals surface area contributed by atoms with E-state index in [0.29, 0.717) is 11.1 Å². The number of para-hydroxylation sites is 1. The van der Waals surface area contributed by atoms with Crippen LogP contribution in [0.25, 0.3) is 67.6 Å². The van der Waals surface area contributed by atoms with Crippen LogP contribution in [0.5, 0.6) is 0 Å². The molecule has 2 unspecified atom stereocenters. The zero-order valence-corrected chi connectivity index (χ0v) is 28.9. The second-order valence-electron chi connectivity index (χ2n) is 13.2. The summed E-state index contributed by atoms with van der Waals surface area (Å²) in [5, 5.41) is 32.6. The summed E-state index contributed by atoms with van der Waals surface area (Å²) in [6.07, 6.45) is 9.99. The maximum atomic E-state index is 10.5. The van der Waals surface area contributed by atoms with Gasteiger partial charge in [-0.3, -0.25) is 0 Å². The summed E-state index contributed by atoms with van der Waals surface area (Å²) >= 11 is 0. The van der Waals surface area contributed by atoms with E-state index in [-0.39, 0.29) is 11.8 Å². The first-order valence-corrected chi connectivity index (χ1v) is 17.3. The first-order valence-electron chi connectivity index (χ1n) is 17.3. The second-order valence-corrected chi connectivity index (χ2v) is 13.2. The van der Waals surface area contributed by atoms with Gasteiger partial charge in [0.2, 0.25) is 0 Å². The molecule has 0 amide bonds. The lowest BCUT2D eigenvalue weighted by Crippen LogP contribution is -2.14. The van der Waals surface area contributed by atoms with Crippen molar-refractivity contribution in [2.45, 2.75) is 19.8 Å². The quantitative estimate of drug-likeness (QED) is 0.166. The molecule has 2 aromatic heterocycles. The molecule has 7 aromatic rings. The van der Waals surface area contributed by atoms with Crippen LogP contribution in [0.1, 0.15) is 46.5 Å². The first-order chi connectivity index (χ1) is 25.5. The van der Waals surface area contributed by atoms with Gasteiger partial charge in [-0.2, -0.15) is 15.8 Å². The fraction of sp³-hybridized carbons (Fsp3) is 0.0851. The van der Waals surface area contributed by atoms with E-state index in [9.17, 15) is 15.8 Å². The van der Waals surface area contributed by atoms with Crippen LogP contribution < -0.4 is 0 Å². The Bertz CT molecular complexity index is 2780. The van der Waals surface area contributed by atoms with Crippen LogP contribution >= 0.6 is 0 Å². The van der Waals surface area contributed by atoms with Gasteiger partial charge in [0.1, 0.15) is 0 Å². The van der Waals surface area contributed by atoms with Crippen molar-refractivity contribution >= 4 is 34.0 Å². The molecule has 2 heterocycles. The van der Waals surface area contributed by atoms with Gasteiger partial charge in [0, 0.05) is 39.0 Å². The van der Waals surface area contributed by atoms with Gasteiger partial charge in [0.05, 0.1) is 52.0 Å². The molecule has 0 saturated heterocycles. The maximum absolute atomic E-state index is 10.5. The Labute approximate surface area is 303 Å². The second kappa shape index (κ2) is 13.0. The smallest absolute Gasteiger partial charge is 0.0998 e. The number of allylic oxidation sites excluding steroid dienone is 3. The minimum Gasteiger partial charge on any atom is -0.312 e. The fourth-order valence-electron chi connectivity index (χ4n) is 7.79. The molecule has 0 spiro atoms. The van der Waals surface area contributed by atoms with Gasteiger partial charge in [-0.05, 0) is 95.8 Å². The van der Waals surface area contributed by atoms with Crippen LogP contribution in [0, 0.1) is 46.8 Å². The highest BCUT2D eigenvalue weighted by Gasteiger charge is 2.30. The van der Waals surface area contributed by atoms with Gasteiger partial charge in [-0.1, -0.05) is 92.4 Å². The molecule has 0 bridgehead atoms. The van der Waals surface area contributed by atoms with Crippen LogP contribution in [0.3, 0.4) is 0 Å². The van der Waals surface area contributed by atoms with Crippen LogP contribution in [0.4, 0.5) is 0 Å². The monoisotopic (exact) mass is 667 g/mol. The number of fused-ring (bicyclic) bond motifs is 4. The Balaban J connectivity index is 1.31. The molecular weight excluding hydrogens is 635 g/mol. The lowest BCUT2D eigenvalue weighted by Gasteiger charge is -2.23. The lowest BCUT2D eigenvalue weighted by molar-refractivity contribution is 0.622. The highest BCUT2D eigenvalue weighted by atomic mass is 15.0. The molecule has 1 aliphatic carbocycles. The fourth-order valence-corrected chi connectivity index (χ4v) is 7.79. The molecule has 0 aliphatic heterocycles. The van der Waals surface area contributed by atoms with Crippen molar-refractivity contribution in [1.29, 1.82) is 15.8 Å². The number of aryl methyl sites for hydroxylation is 1. The van der Waals surface area contributed by atoms with Crippen LogP contribution in [0.2, 0.25) is 0 Å². The number of aromatic nitrogens is 2. The summed E-state index contributed by atoms with van der Waals surface area (Å²) in [5.74, 6) is -0.177. The van der Waals surface area contributed by atoms with Gasteiger partial charge >= 0.3 is 0 Å². The third kappa shape index (κ3) is 5.06. The van der Waals surface area contributed by atoms with Crippen molar-refractivity contribution in [2.24, 2.45) is 5.92 Å². The highest BCUT2D eigenvalue weighted by Crippen LogP contribution is 2.43. The molecule has 1 aliphatic rings. The van der Waals surface area contributed by atoms with Crippen molar-refractivity contribution < 1.29 is 0 Å². The average molecular weight is 668 g/mol. The van der Waals surface area contributed by atoms with E-state index < -0.39 is 0 Å². The van der Waals surface area contributed by atoms with Crippen molar-refractivity contribution in [3.8, 4) is 51.8 Å². The Hall–Kier alpha value is -7.13. The largest absolute Gasteiger partial charge is 0.312 e. The molecule has 5 nitrogen and oxygen atoms in total. The number of hydrogen-bond donors (Lipinski definition) is 0. The van der Waals surface area contributed by atoms with Crippen LogP contribution in [-0.2, 0) is 0 Å². The summed E-state index contributed by atoms with van der Waals surface area (Å²) in [6.45, 7) is 8.05. The molecule has 0 radical (unpaired) electrons. The van der Waals surface area contributed by atoms with Crippen LogP contribution in [0.15, 0.2) is 134 Å². The normalized spacial score (nSPS) is 15.0.